The smallest absolute Gasteiger partial charge is 0.356 e. The van der Waals surface area contributed by atoms with Crippen molar-refractivity contribution in [2.45, 2.75) is 19.4 Å². The Morgan fingerprint density at radius 2 is 2.57 bits per heavy atom. The molecule has 0 radical (unpaired) electrons. The lowest BCUT2D eigenvalue weighted by Crippen LogP contribution is -2.37. The second-order valence-corrected chi connectivity index (χ2v) is 3.31. The van der Waals surface area contributed by atoms with E-state index in [4.69, 9.17) is 14.3 Å². The number of carbonyl (C=O) groups is 1. The van der Waals surface area contributed by atoms with Gasteiger partial charge in [-0.2, -0.15) is 0 Å². The normalized spacial score (nSPS) is 30.2. The molecule has 0 saturated carbocycles. The second kappa shape index (κ2) is 3.96. The van der Waals surface area contributed by atoms with Crippen molar-refractivity contribution in [1.82, 2.24) is 0 Å². The number of nitrogens with zero attached hydrogens (tertiary/aromatic N) is 1. The van der Waals surface area contributed by atoms with Gasteiger partial charge < -0.3 is 14.3 Å². The number of carbonyl (C=O) groups excluding carboxylic acids is 1. The lowest BCUT2D eigenvalue weighted by Gasteiger charge is -2.23. The van der Waals surface area contributed by atoms with Crippen LogP contribution in [0.5, 0.6) is 0 Å². The largest absolute Gasteiger partial charge is 0.461 e. The standard InChI is InChI=1S/C9H13NO4/c1-2-13-9(11)8-6-5-12-4-3-7(6)14-10-8/h6-7H,2-5H2,1H3/t6-,7+/m0/s1. The van der Waals surface area contributed by atoms with Crippen molar-refractivity contribution in [3.8, 4) is 0 Å². The van der Waals surface area contributed by atoms with Crippen LogP contribution in [0.4, 0.5) is 0 Å². The Labute approximate surface area is 82.0 Å². The van der Waals surface area contributed by atoms with Gasteiger partial charge in [-0.25, -0.2) is 4.79 Å². The first-order valence-corrected chi connectivity index (χ1v) is 4.81. The molecule has 78 valence electrons. The number of fused-ring (bicyclic) bond motifs is 1. The van der Waals surface area contributed by atoms with Crippen LogP contribution in [0.3, 0.4) is 0 Å². The number of oxime groups is 1. The topological polar surface area (TPSA) is 57.1 Å². The summed E-state index contributed by atoms with van der Waals surface area (Å²) in [5, 5.41) is 3.76. The minimum atomic E-state index is -0.384. The van der Waals surface area contributed by atoms with Crippen LogP contribution in [0.25, 0.3) is 0 Å². The third kappa shape index (κ3) is 1.59. The van der Waals surface area contributed by atoms with Crippen LogP contribution >= 0.6 is 0 Å². The molecule has 0 aromatic heterocycles. The Balaban J connectivity index is 2.02. The summed E-state index contributed by atoms with van der Waals surface area (Å²) in [4.78, 5) is 16.6. The Bertz CT molecular complexity index is 264. The van der Waals surface area contributed by atoms with Crippen LogP contribution in [0, 0.1) is 5.92 Å². The first-order valence-electron chi connectivity index (χ1n) is 4.81. The van der Waals surface area contributed by atoms with Gasteiger partial charge in [-0.1, -0.05) is 5.16 Å². The summed E-state index contributed by atoms with van der Waals surface area (Å²) in [6.45, 7) is 3.30. The van der Waals surface area contributed by atoms with Crippen LogP contribution in [0.1, 0.15) is 13.3 Å². The van der Waals surface area contributed by atoms with E-state index in [2.05, 4.69) is 5.16 Å². The molecule has 5 nitrogen and oxygen atoms in total. The second-order valence-electron chi connectivity index (χ2n) is 3.31. The first kappa shape index (κ1) is 9.45. The summed E-state index contributed by atoms with van der Waals surface area (Å²) in [5.74, 6) is -0.423. The zero-order chi connectivity index (χ0) is 9.97. The monoisotopic (exact) mass is 199 g/mol. The number of esters is 1. The summed E-state index contributed by atoms with van der Waals surface area (Å²) in [7, 11) is 0. The lowest BCUT2D eigenvalue weighted by atomic mass is 9.94. The summed E-state index contributed by atoms with van der Waals surface area (Å²) in [5.41, 5.74) is 0.372. The molecule has 0 aromatic rings. The molecule has 0 amide bonds. The van der Waals surface area contributed by atoms with Crippen LogP contribution < -0.4 is 0 Å². The van der Waals surface area contributed by atoms with E-state index in [1.54, 1.807) is 6.92 Å². The fourth-order valence-electron chi connectivity index (χ4n) is 1.69. The molecular formula is C9H13NO4. The highest BCUT2D eigenvalue weighted by Gasteiger charge is 2.40. The third-order valence-corrected chi connectivity index (χ3v) is 2.42. The lowest BCUT2D eigenvalue weighted by molar-refractivity contribution is -0.135. The highest BCUT2D eigenvalue weighted by Crippen LogP contribution is 2.25. The van der Waals surface area contributed by atoms with Gasteiger partial charge in [0, 0.05) is 6.42 Å². The van der Waals surface area contributed by atoms with Crippen molar-refractivity contribution in [2.24, 2.45) is 11.1 Å². The average molecular weight is 199 g/mol. The number of hydrogen-bond donors (Lipinski definition) is 0. The Morgan fingerprint density at radius 3 is 3.36 bits per heavy atom. The Kier molecular flexibility index (Phi) is 2.67. The summed E-state index contributed by atoms with van der Waals surface area (Å²) in [6.07, 6.45) is 0.792. The highest BCUT2D eigenvalue weighted by atomic mass is 16.7. The highest BCUT2D eigenvalue weighted by molar-refractivity contribution is 6.37. The fraction of sp³-hybridized carbons (Fsp3) is 0.778. The number of hydrogen-bond acceptors (Lipinski definition) is 5. The Morgan fingerprint density at radius 1 is 1.71 bits per heavy atom. The minimum Gasteiger partial charge on any atom is -0.461 e. The molecule has 0 aliphatic carbocycles. The van der Waals surface area contributed by atoms with Gasteiger partial charge in [0.2, 0.25) is 0 Å². The van der Waals surface area contributed by atoms with E-state index >= 15 is 0 Å². The van der Waals surface area contributed by atoms with Gasteiger partial charge in [0.1, 0.15) is 6.10 Å². The molecule has 2 heterocycles. The molecule has 2 atom stereocenters. The van der Waals surface area contributed by atoms with Gasteiger partial charge in [0.15, 0.2) is 5.71 Å². The number of ether oxygens (including phenoxy) is 2. The predicted octanol–water partition coefficient (Wildman–Crippen LogP) is 0.341. The van der Waals surface area contributed by atoms with E-state index in [0.717, 1.165) is 6.42 Å². The molecule has 2 rings (SSSR count). The van der Waals surface area contributed by atoms with Gasteiger partial charge in [-0.3, -0.25) is 0 Å². The van der Waals surface area contributed by atoms with Crippen LogP contribution in [0.2, 0.25) is 0 Å². The molecule has 0 aromatic carbocycles. The van der Waals surface area contributed by atoms with Gasteiger partial charge in [-0.15, -0.1) is 0 Å². The molecule has 0 spiro atoms. The molecule has 14 heavy (non-hydrogen) atoms. The summed E-state index contributed by atoms with van der Waals surface area (Å²) < 4.78 is 10.1. The average Bonchev–Trinajstić information content (AvgIpc) is 2.61. The minimum absolute atomic E-state index is 0.00292. The SMILES string of the molecule is CCOC(=O)C1=NO[C@@H]2CCOC[C@H]12. The molecule has 2 aliphatic rings. The molecular weight excluding hydrogens is 186 g/mol. The molecule has 0 unspecified atom stereocenters. The Hall–Kier alpha value is -1.10. The van der Waals surface area contributed by atoms with Crippen molar-refractivity contribution in [1.29, 1.82) is 0 Å². The zero-order valence-electron chi connectivity index (χ0n) is 8.06. The quantitative estimate of drug-likeness (QED) is 0.602. The van der Waals surface area contributed by atoms with Crippen LogP contribution in [-0.2, 0) is 19.1 Å². The van der Waals surface area contributed by atoms with Crippen LogP contribution in [-0.4, -0.2) is 37.6 Å². The van der Waals surface area contributed by atoms with Crippen molar-refractivity contribution in [3.05, 3.63) is 0 Å². The number of rotatable bonds is 2. The van der Waals surface area contributed by atoms with Crippen molar-refractivity contribution >= 4 is 11.7 Å². The molecule has 2 aliphatic heterocycles. The molecule has 1 saturated heterocycles. The first-order chi connectivity index (χ1) is 6.83. The van der Waals surface area contributed by atoms with Crippen molar-refractivity contribution in [3.63, 3.8) is 0 Å². The van der Waals surface area contributed by atoms with E-state index in [9.17, 15) is 4.79 Å². The van der Waals surface area contributed by atoms with E-state index < -0.39 is 0 Å². The van der Waals surface area contributed by atoms with Crippen molar-refractivity contribution < 1.29 is 19.1 Å². The predicted molar refractivity (Wildman–Crippen MR) is 47.9 cm³/mol. The van der Waals surface area contributed by atoms with E-state index in [1.165, 1.54) is 0 Å². The van der Waals surface area contributed by atoms with Gasteiger partial charge in [0.05, 0.1) is 25.7 Å². The fourth-order valence-corrected chi connectivity index (χ4v) is 1.69. The van der Waals surface area contributed by atoms with Crippen LogP contribution in [0.15, 0.2) is 5.16 Å². The summed E-state index contributed by atoms with van der Waals surface area (Å²) >= 11 is 0. The van der Waals surface area contributed by atoms with E-state index in [-0.39, 0.29) is 18.0 Å². The maximum atomic E-state index is 11.4. The maximum absolute atomic E-state index is 11.4. The molecule has 0 N–H and O–H groups in total. The van der Waals surface area contributed by atoms with Crippen molar-refractivity contribution in [2.75, 3.05) is 19.8 Å². The third-order valence-electron chi connectivity index (χ3n) is 2.42. The molecule has 5 heteroatoms. The molecule has 1 fully saturated rings. The van der Waals surface area contributed by atoms with Gasteiger partial charge in [-0.05, 0) is 6.92 Å². The maximum Gasteiger partial charge on any atom is 0.356 e. The summed E-state index contributed by atoms with van der Waals surface area (Å²) in [6, 6.07) is 0. The van der Waals surface area contributed by atoms with Gasteiger partial charge in [0.25, 0.3) is 0 Å². The van der Waals surface area contributed by atoms with E-state index in [0.29, 0.717) is 25.5 Å². The zero-order valence-corrected chi connectivity index (χ0v) is 8.06. The molecule has 0 bridgehead atoms. The van der Waals surface area contributed by atoms with E-state index in [1.807, 2.05) is 0 Å². The van der Waals surface area contributed by atoms with Gasteiger partial charge >= 0.3 is 5.97 Å².